The third-order valence-corrected chi connectivity index (χ3v) is 4.26. The van der Waals surface area contributed by atoms with E-state index >= 15 is 0 Å². The van der Waals surface area contributed by atoms with Crippen LogP contribution >= 0.6 is 34.2 Å². The van der Waals surface area contributed by atoms with Crippen molar-refractivity contribution in [1.82, 2.24) is 5.32 Å². The van der Waals surface area contributed by atoms with Gasteiger partial charge in [-0.05, 0) is 53.8 Å². The molecule has 0 heterocycles. The van der Waals surface area contributed by atoms with Gasteiger partial charge in [0.2, 0.25) is 0 Å². The zero-order valence-corrected chi connectivity index (χ0v) is 14.6. The lowest BCUT2D eigenvalue weighted by molar-refractivity contribution is 0.0938. The topological polar surface area (TPSA) is 38.3 Å². The fourth-order valence-corrected chi connectivity index (χ4v) is 3.17. The van der Waals surface area contributed by atoms with Crippen molar-refractivity contribution in [2.45, 2.75) is 13.0 Å². The molecule has 2 aromatic carbocycles. The van der Waals surface area contributed by atoms with E-state index in [0.29, 0.717) is 10.6 Å². The van der Waals surface area contributed by atoms with E-state index in [0.717, 1.165) is 14.9 Å². The first-order chi connectivity index (χ1) is 10.0. The largest absolute Gasteiger partial charge is 0.496 e. The number of nitrogens with one attached hydrogen (secondary N) is 1. The number of para-hydroxylation sites is 1. The quantitative estimate of drug-likeness (QED) is 0.750. The molecule has 1 N–H and O–H groups in total. The second kappa shape index (κ2) is 7.13. The molecule has 1 unspecified atom stereocenters. The summed E-state index contributed by atoms with van der Waals surface area (Å²) in [7, 11) is 1.62. The summed E-state index contributed by atoms with van der Waals surface area (Å²) in [6.07, 6.45) is 0. The number of methoxy groups -OCH3 is 1. The molecule has 1 amide bonds. The van der Waals surface area contributed by atoms with E-state index in [-0.39, 0.29) is 11.9 Å². The predicted molar refractivity (Wildman–Crippen MR) is 93.0 cm³/mol. The smallest absolute Gasteiger partial charge is 0.252 e. The molecule has 0 aromatic heterocycles. The van der Waals surface area contributed by atoms with Crippen LogP contribution < -0.4 is 10.1 Å². The molecule has 0 saturated carbocycles. The van der Waals surface area contributed by atoms with Crippen molar-refractivity contribution < 1.29 is 9.53 Å². The van der Waals surface area contributed by atoms with Crippen LogP contribution in [0.2, 0.25) is 5.02 Å². The molecule has 0 aliphatic rings. The van der Waals surface area contributed by atoms with Crippen LogP contribution in [-0.4, -0.2) is 13.0 Å². The molecule has 0 spiro atoms. The predicted octanol–water partition coefficient (Wildman–Crippen LogP) is 4.44. The van der Waals surface area contributed by atoms with Crippen LogP contribution in [0.25, 0.3) is 0 Å². The number of ether oxygens (including phenoxy) is 1. The Morgan fingerprint density at radius 1 is 1.29 bits per heavy atom. The molecule has 1 atom stereocenters. The van der Waals surface area contributed by atoms with Crippen molar-refractivity contribution in [3.05, 3.63) is 62.2 Å². The first kappa shape index (κ1) is 16.1. The van der Waals surface area contributed by atoms with Crippen molar-refractivity contribution in [2.75, 3.05) is 7.11 Å². The van der Waals surface area contributed by atoms with E-state index in [9.17, 15) is 4.79 Å². The van der Waals surface area contributed by atoms with Gasteiger partial charge in [0.05, 0.1) is 18.7 Å². The van der Waals surface area contributed by atoms with Crippen molar-refractivity contribution >= 4 is 40.1 Å². The SMILES string of the molecule is COc1ccccc1C(C)NC(=O)c1ccc(Cl)cc1I. The normalized spacial score (nSPS) is 11.8. The van der Waals surface area contributed by atoms with E-state index in [2.05, 4.69) is 27.9 Å². The van der Waals surface area contributed by atoms with E-state index in [1.54, 1.807) is 25.3 Å². The molecule has 0 bridgehead atoms. The average molecular weight is 416 g/mol. The lowest BCUT2D eigenvalue weighted by Gasteiger charge is -2.17. The van der Waals surface area contributed by atoms with Gasteiger partial charge in [-0.25, -0.2) is 0 Å². The number of hydrogen-bond acceptors (Lipinski definition) is 2. The Balaban J connectivity index is 2.19. The number of amides is 1. The Morgan fingerprint density at radius 3 is 2.67 bits per heavy atom. The minimum atomic E-state index is -0.153. The highest BCUT2D eigenvalue weighted by Crippen LogP contribution is 2.25. The maximum Gasteiger partial charge on any atom is 0.252 e. The molecule has 2 aromatic rings. The molecule has 0 saturated heterocycles. The first-order valence-electron chi connectivity index (χ1n) is 6.41. The maximum atomic E-state index is 12.4. The molecule has 0 aliphatic carbocycles. The number of carbonyl (C=O) groups excluding carboxylic acids is 1. The van der Waals surface area contributed by atoms with Gasteiger partial charge in [-0.1, -0.05) is 29.8 Å². The summed E-state index contributed by atoms with van der Waals surface area (Å²) in [6.45, 7) is 1.93. The number of carbonyl (C=O) groups is 1. The lowest BCUT2D eigenvalue weighted by Crippen LogP contribution is -2.27. The summed E-state index contributed by atoms with van der Waals surface area (Å²) in [4.78, 5) is 12.4. The standard InChI is InChI=1S/C16H15ClINO2/c1-10(12-5-3-4-6-15(12)21-2)19-16(20)13-8-7-11(17)9-14(13)18/h3-10H,1-2H3,(H,19,20). The Morgan fingerprint density at radius 2 is 2.00 bits per heavy atom. The minimum Gasteiger partial charge on any atom is -0.496 e. The second-order valence-electron chi connectivity index (χ2n) is 4.56. The second-order valence-corrected chi connectivity index (χ2v) is 6.16. The van der Waals surface area contributed by atoms with E-state index < -0.39 is 0 Å². The summed E-state index contributed by atoms with van der Waals surface area (Å²) in [5.74, 6) is 0.630. The van der Waals surface area contributed by atoms with Crippen LogP contribution in [0.4, 0.5) is 0 Å². The lowest BCUT2D eigenvalue weighted by atomic mass is 10.1. The number of halogens is 2. The highest BCUT2D eigenvalue weighted by molar-refractivity contribution is 14.1. The van der Waals surface area contributed by atoms with Gasteiger partial charge in [0.1, 0.15) is 5.75 Å². The first-order valence-corrected chi connectivity index (χ1v) is 7.87. The van der Waals surface area contributed by atoms with Gasteiger partial charge >= 0.3 is 0 Å². The summed E-state index contributed by atoms with van der Waals surface area (Å²) < 4.78 is 6.15. The fraction of sp³-hybridized carbons (Fsp3) is 0.188. The highest BCUT2D eigenvalue weighted by atomic mass is 127. The van der Waals surface area contributed by atoms with Gasteiger partial charge in [-0.2, -0.15) is 0 Å². The Bertz CT molecular complexity index is 660. The Kier molecular flexibility index (Phi) is 5.47. The maximum absolute atomic E-state index is 12.4. The van der Waals surface area contributed by atoms with E-state index in [1.165, 1.54) is 0 Å². The molecule has 0 radical (unpaired) electrons. The summed E-state index contributed by atoms with van der Waals surface area (Å²) in [6, 6.07) is 12.7. The van der Waals surface area contributed by atoms with Gasteiger partial charge in [0.25, 0.3) is 5.91 Å². The van der Waals surface area contributed by atoms with Crippen molar-refractivity contribution in [3.63, 3.8) is 0 Å². The third kappa shape index (κ3) is 3.89. The van der Waals surface area contributed by atoms with Crippen molar-refractivity contribution in [3.8, 4) is 5.75 Å². The van der Waals surface area contributed by atoms with Gasteiger partial charge in [0.15, 0.2) is 0 Å². The molecule has 2 rings (SSSR count). The number of benzene rings is 2. The summed E-state index contributed by atoms with van der Waals surface area (Å²) in [5.41, 5.74) is 1.55. The monoisotopic (exact) mass is 415 g/mol. The van der Waals surface area contributed by atoms with Crippen LogP contribution in [-0.2, 0) is 0 Å². The highest BCUT2D eigenvalue weighted by Gasteiger charge is 2.16. The van der Waals surface area contributed by atoms with Crippen LogP contribution in [0.1, 0.15) is 28.9 Å². The number of rotatable bonds is 4. The van der Waals surface area contributed by atoms with Gasteiger partial charge in [-0.3, -0.25) is 4.79 Å². The summed E-state index contributed by atoms with van der Waals surface area (Å²) >= 11 is 8.02. The van der Waals surface area contributed by atoms with Crippen LogP contribution in [0, 0.1) is 3.57 Å². The average Bonchev–Trinajstić information content (AvgIpc) is 2.46. The molecule has 3 nitrogen and oxygen atoms in total. The molecular formula is C16H15ClINO2. The van der Waals surface area contributed by atoms with E-state index in [4.69, 9.17) is 16.3 Å². The third-order valence-electron chi connectivity index (χ3n) is 3.13. The van der Waals surface area contributed by atoms with Gasteiger partial charge in [-0.15, -0.1) is 0 Å². The Hall–Kier alpha value is -1.27. The van der Waals surface area contributed by atoms with Crippen molar-refractivity contribution in [1.29, 1.82) is 0 Å². The molecule has 0 aliphatic heterocycles. The molecule has 21 heavy (non-hydrogen) atoms. The zero-order chi connectivity index (χ0) is 15.4. The minimum absolute atomic E-state index is 0.130. The summed E-state index contributed by atoms with van der Waals surface area (Å²) in [5, 5.41) is 3.60. The number of hydrogen-bond donors (Lipinski definition) is 1. The van der Waals surface area contributed by atoms with Crippen LogP contribution in [0.15, 0.2) is 42.5 Å². The van der Waals surface area contributed by atoms with E-state index in [1.807, 2.05) is 31.2 Å². The van der Waals surface area contributed by atoms with Crippen LogP contribution in [0.5, 0.6) is 5.75 Å². The fourth-order valence-electron chi connectivity index (χ4n) is 2.05. The zero-order valence-electron chi connectivity index (χ0n) is 11.7. The van der Waals surface area contributed by atoms with Crippen LogP contribution in [0.3, 0.4) is 0 Å². The molecular weight excluding hydrogens is 401 g/mol. The van der Waals surface area contributed by atoms with Gasteiger partial charge < -0.3 is 10.1 Å². The van der Waals surface area contributed by atoms with Crippen molar-refractivity contribution in [2.24, 2.45) is 0 Å². The molecule has 110 valence electrons. The Labute approximate surface area is 142 Å². The molecule has 5 heteroatoms. The molecule has 0 fully saturated rings. The van der Waals surface area contributed by atoms with Gasteiger partial charge in [0, 0.05) is 14.2 Å².